The normalized spacial score (nSPS) is 13.9. The number of esters is 4. The van der Waals surface area contributed by atoms with E-state index in [1.54, 1.807) is 0 Å². The molecule has 0 aromatic heterocycles. The van der Waals surface area contributed by atoms with E-state index in [9.17, 15) is 43.2 Å². The summed E-state index contributed by atoms with van der Waals surface area (Å²) in [5, 5.41) is 10.6. The van der Waals surface area contributed by atoms with Gasteiger partial charge in [0.15, 0.2) is 12.2 Å². The maximum atomic E-state index is 13.1. The summed E-state index contributed by atoms with van der Waals surface area (Å²) in [7, 11) is -9.91. The molecule has 0 saturated carbocycles. The number of unbranched alkanes of at least 4 members (excludes halogenated alkanes) is 52. The number of aliphatic hydroxyl groups is 1. The van der Waals surface area contributed by atoms with Crippen LogP contribution in [-0.2, 0) is 65.4 Å². The fourth-order valence-electron chi connectivity index (χ4n) is 12.4. The maximum absolute atomic E-state index is 13.1. The molecule has 99 heavy (non-hydrogen) atoms. The molecule has 0 aliphatic carbocycles. The zero-order chi connectivity index (χ0) is 72.7. The van der Waals surface area contributed by atoms with Gasteiger partial charge < -0.3 is 33.8 Å². The van der Waals surface area contributed by atoms with Crippen molar-refractivity contribution in [3.63, 3.8) is 0 Å². The molecule has 588 valence electrons. The molecule has 0 saturated heterocycles. The van der Waals surface area contributed by atoms with Crippen LogP contribution < -0.4 is 0 Å². The molecule has 0 fully saturated rings. The highest BCUT2D eigenvalue weighted by Gasteiger charge is 2.30. The van der Waals surface area contributed by atoms with Gasteiger partial charge in [-0.1, -0.05) is 375 Å². The molecule has 0 aromatic rings. The van der Waals surface area contributed by atoms with Gasteiger partial charge in [0, 0.05) is 25.7 Å². The van der Waals surface area contributed by atoms with Crippen molar-refractivity contribution in [2.24, 2.45) is 5.92 Å². The van der Waals surface area contributed by atoms with Crippen LogP contribution in [-0.4, -0.2) is 96.7 Å². The molecule has 0 amide bonds. The molecule has 0 rings (SSSR count). The summed E-state index contributed by atoms with van der Waals surface area (Å²) in [4.78, 5) is 72.9. The predicted octanol–water partition coefficient (Wildman–Crippen LogP) is 24.0. The Labute approximate surface area is 607 Å². The summed E-state index contributed by atoms with van der Waals surface area (Å²) < 4.78 is 68.6. The Hall–Kier alpha value is -1.94. The van der Waals surface area contributed by atoms with Gasteiger partial charge in [0.25, 0.3) is 0 Å². The molecule has 0 aliphatic heterocycles. The van der Waals surface area contributed by atoms with Gasteiger partial charge in [-0.3, -0.25) is 37.3 Å². The van der Waals surface area contributed by atoms with Crippen LogP contribution in [0, 0.1) is 5.92 Å². The van der Waals surface area contributed by atoms with E-state index in [2.05, 4.69) is 34.6 Å². The van der Waals surface area contributed by atoms with E-state index in [4.69, 9.17) is 37.0 Å². The van der Waals surface area contributed by atoms with E-state index < -0.39 is 97.5 Å². The van der Waals surface area contributed by atoms with E-state index in [-0.39, 0.29) is 25.7 Å². The van der Waals surface area contributed by atoms with E-state index in [1.807, 2.05) is 0 Å². The smallest absolute Gasteiger partial charge is 0.462 e. The van der Waals surface area contributed by atoms with Crippen molar-refractivity contribution >= 4 is 39.5 Å². The fraction of sp³-hybridized carbons (Fsp3) is 0.950. The Morgan fingerprint density at radius 2 is 0.465 bits per heavy atom. The van der Waals surface area contributed by atoms with Gasteiger partial charge in [0.2, 0.25) is 0 Å². The Morgan fingerprint density at radius 3 is 0.687 bits per heavy atom. The van der Waals surface area contributed by atoms with Crippen LogP contribution in [0.4, 0.5) is 0 Å². The molecule has 0 spiro atoms. The van der Waals surface area contributed by atoms with Crippen LogP contribution in [0.1, 0.15) is 426 Å². The second-order valence-corrected chi connectivity index (χ2v) is 32.2. The Kier molecular flexibility index (Phi) is 71.6. The van der Waals surface area contributed by atoms with Gasteiger partial charge in [0.05, 0.1) is 26.4 Å². The third-order valence-electron chi connectivity index (χ3n) is 18.8. The van der Waals surface area contributed by atoms with Gasteiger partial charge in [-0.15, -0.1) is 0 Å². The minimum absolute atomic E-state index is 0.108. The molecule has 0 aliphatic rings. The van der Waals surface area contributed by atoms with Gasteiger partial charge in [0.1, 0.15) is 19.3 Å². The van der Waals surface area contributed by atoms with Crippen molar-refractivity contribution in [2.45, 2.75) is 445 Å². The third-order valence-corrected chi connectivity index (χ3v) is 20.7. The monoisotopic (exact) mass is 1450 g/mol. The summed E-state index contributed by atoms with van der Waals surface area (Å²) in [6.07, 6.45) is 63.9. The zero-order valence-electron chi connectivity index (χ0n) is 64.6. The highest BCUT2D eigenvalue weighted by molar-refractivity contribution is 7.47. The Bertz CT molecular complexity index is 1890. The SMILES string of the molecule is CCCCCCCCCCCCCCCCCCC(=O)OC[C@H](COP(=O)(O)OC[C@@H](O)COP(=O)(O)OC[C@@H](COC(=O)CCCCCCCCCC)OC(=O)CCCCCCCCCCCCCCCC)OC(=O)CCCCCCCCCCCCCCCCCCCCC(C)C. The lowest BCUT2D eigenvalue weighted by atomic mass is 10.0. The predicted molar refractivity (Wildman–Crippen MR) is 405 cm³/mol. The molecule has 3 N–H and O–H groups in total. The van der Waals surface area contributed by atoms with Crippen molar-refractivity contribution in [3.05, 3.63) is 0 Å². The van der Waals surface area contributed by atoms with E-state index in [0.29, 0.717) is 25.7 Å². The summed E-state index contributed by atoms with van der Waals surface area (Å²) in [5.41, 5.74) is 0. The summed E-state index contributed by atoms with van der Waals surface area (Å²) in [6, 6.07) is 0. The number of hydrogen-bond acceptors (Lipinski definition) is 15. The highest BCUT2D eigenvalue weighted by Crippen LogP contribution is 2.45. The number of phosphoric acid groups is 2. The molecule has 5 atom stereocenters. The number of aliphatic hydroxyl groups excluding tert-OH is 1. The topological polar surface area (TPSA) is 237 Å². The van der Waals surface area contributed by atoms with Crippen LogP contribution in [0.25, 0.3) is 0 Å². The number of carbonyl (C=O) groups is 4. The molecular weight excluding hydrogens is 1290 g/mol. The quantitative estimate of drug-likeness (QED) is 0.0222. The molecule has 0 aromatic carbocycles. The first-order valence-electron chi connectivity index (χ1n) is 41.6. The lowest BCUT2D eigenvalue weighted by Crippen LogP contribution is -2.30. The summed E-state index contributed by atoms with van der Waals surface area (Å²) in [5.74, 6) is -1.29. The van der Waals surface area contributed by atoms with Gasteiger partial charge in [-0.25, -0.2) is 9.13 Å². The minimum atomic E-state index is -4.96. The van der Waals surface area contributed by atoms with Crippen molar-refractivity contribution < 1.29 is 80.2 Å². The van der Waals surface area contributed by atoms with E-state index in [0.717, 1.165) is 102 Å². The molecule has 0 bridgehead atoms. The largest absolute Gasteiger partial charge is 0.472 e. The first kappa shape index (κ1) is 97.1. The standard InChI is InChI=1S/C80H156O17P2/c1-6-9-12-15-18-21-23-25-27-33-37-40-44-49-54-59-64-78(83)91-70-76(97-80(85)66-61-56-51-46-42-38-34-31-29-28-30-32-35-39-43-47-52-57-62-73(4)5)72-95-99(88,89)93-68-74(81)67-92-98(86,87)94-71-75(69-90-77(82)63-58-53-48-20-17-14-11-8-3)96-79(84)65-60-55-50-45-41-36-26-24-22-19-16-13-10-7-2/h73-76,81H,6-72H2,1-5H3,(H,86,87)(H,88,89)/t74-,75+,76+/m0/s1. The van der Waals surface area contributed by atoms with Crippen molar-refractivity contribution in [3.8, 4) is 0 Å². The molecule has 19 heteroatoms. The molecule has 2 unspecified atom stereocenters. The van der Waals surface area contributed by atoms with Crippen LogP contribution in [0.3, 0.4) is 0 Å². The van der Waals surface area contributed by atoms with Crippen LogP contribution >= 0.6 is 15.6 Å². The lowest BCUT2D eigenvalue weighted by molar-refractivity contribution is -0.161. The van der Waals surface area contributed by atoms with Crippen molar-refractivity contribution in [1.29, 1.82) is 0 Å². The van der Waals surface area contributed by atoms with Gasteiger partial charge in [-0.2, -0.15) is 0 Å². The van der Waals surface area contributed by atoms with Crippen LogP contribution in [0.5, 0.6) is 0 Å². The minimum Gasteiger partial charge on any atom is -0.462 e. The fourth-order valence-corrected chi connectivity index (χ4v) is 14.0. The Morgan fingerprint density at radius 1 is 0.273 bits per heavy atom. The van der Waals surface area contributed by atoms with Crippen molar-refractivity contribution in [2.75, 3.05) is 39.6 Å². The van der Waals surface area contributed by atoms with E-state index >= 15 is 0 Å². The number of ether oxygens (including phenoxy) is 4. The van der Waals surface area contributed by atoms with Crippen LogP contribution in [0.2, 0.25) is 0 Å². The molecular formula is C80H156O17P2. The van der Waals surface area contributed by atoms with Crippen LogP contribution in [0.15, 0.2) is 0 Å². The van der Waals surface area contributed by atoms with Gasteiger partial charge >= 0.3 is 39.5 Å². The molecule has 17 nitrogen and oxygen atoms in total. The average Bonchev–Trinajstić information content (AvgIpc) is 1.47. The zero-order valence-corrected chi connectivity index (χ0v) is 66.4. The summed E-state index contributed by atoms with van der Waals surface area (Å²) in [6.45, 7) is 7.34. The molecule has 0 radical (unpaired) electrons. The number of rotatable bonds is 80. The summed E-state index contributed by atoms with van der Waals surface area (Å²) >= 11 is 0. The second-order valence-electron chi connectivity index (χ2n) is 29.3. The van der Waals surface area contributed by atoms with Gasteiger partial charge in [-0.05, 0) is 31.6 Å². The first-order chi connectivity index (χ1) is 48.0. The number of hydrogen-bond donors (Lipinski definition) is 3. The lowest BCUT2D eigenvalue weighted by Gasteiger charge is -2.21. The molecule has 0 heterocycles. The number of carbonyl (C=O) groups excluding carboxylic acids is 4. The van der Waals surface area contributed by atoms with E-state index in [1.165, 1.54) is 244 Å². The highest BCUT2D eigenvalue weighted by atomic mass is 31.2. The maximum Gasteiger partial charge on any atom is 0.472 e. The third kappa shape index (κ3) is 74.1. The second kappa shape index (κ2) is 73.0. The average molecular weight is 1450 g/mol. The number of phosphoric ester groups is 2. The van der Waals surface area contributed by atoms with Crippen molar-refractivity contribution in [1.82, 2.24) is 0 Å². The first-order valence-corrected chi connectivity index (χ1v) is 44.6. The Balaban J connectivity index is 5.19.